The van der Waals surface area contributed by atoms with Gasteiger partial charge in [-0.05, 0) is 86.9 Å². The van der Waals surface area contributed by atoms with Gasteiger partial charge in [-0.25, -0.2) is 4.98 Å². The molecule has 5 aromatic rings. The summed E-state index contributed by atoms with van der Waals surface area (Å²) in [6.07, 6.45) is 4.03. The van der Waals surface area contributed by atoms with Crippen LogP contribution in [-0.4, -0.2) is 58.1 Å². The van der Waals surface area contributed by atoms with Crippen LogP contribution in [0.5, 0.6) is 11.5 Å². The van der Waals surface area contributed by atoms with Crippen LogP contribution in [0.1, 0.15) is 34.8 Å². The maximum atomic E-state index is 14.2. The molecule has 0 radical (unpaired) electrons. The first-order valence-corrected chi connectivity index (χ1v) is 14.9. The van der Waals surface area contributed by atoms with E-state index in [1.54, 1.807) is 30.5 Å². The Morgan fingerprint density at radius 2 is 1.73 bits per heavy atom. The van der Waals surface area contributed by atoms with Crippen molar-refractivity contribution >= 4 is 28.5 Å². The third kappa shape index (κ3) is 5.31. The Morgan fingerprint density at radius 3 is 2.52 bits per heavy atom. The maximum Gasteiger partial charge on any atom is 0.260 e. The molecule has 7 rings (SSSR count). The number of pyridine rings is 1. The van der Waals surface area contributed by atoms with Gasteiger partial charge >= 0.3 is 0 Å². The molecule has 0 saturated carbocycles. The Kier molecular flexibility index (Phi) is 7.31. The molecule has 0 bridgehead atoms. The molecule has 0 spiro atoms. The quantitative estimate of drug-likeness (QED) is 0.266. The first-order valence-electron chi connectivity index (χ1n) is 14.9. The number of likely N-dealkylation sites (N-methyl/N-ethyl adjacent to an activating group) is 1. The largest absolute Gasteiger partial charge is 0.490 e. The number of benzene rings is 3. The normalized spacial score (nSPS) is 18.5. The number of likely N-dealkylation sites (tertiary alicyclic amines) is 1. The zero-order valence-electron chi connectivity index (χ0n) is 24.7. The average Bonchev–Trinajstić information content (AvgIpc) is 3.03. The number of hydrogen-bond donors (Lipinski definition) is 1. The zero-order chi connectivity index (χ0) is 30.2. The van der Waals surface area contributed by atoms with Crippen LogP contribution in [-0.2, 0) is 0 Å². The molecule has 0 amide bonds. The van der Waals surface area contributed by atoms with Gasteiger partial charge in [0.05, 0.1) is 5.56 Å². The molecule has 3 aromatic carbocycles. The van der Waals surface area contributed by atoms with Crippen LogP contribution in [0.25, 0.3) is 22.2 Å². The molecule has 9 nitrogen and oxygen atoms in total. The van der Waals surface area contributed by atoms with Gasteiger partial charge < -0.3 is 19.7 Å². The number of nitrogens with one attached hydrogen (secondary N) is 1. The molecule has 2 aliphatic rings. The summed E-state index contributed by atoms with van der Waals surface area (Å²) in [6.45, 7) is 4.00. The number of carbonyl (C=O) groups is 1. The molecule has 2 aromatic heterocycles. The lowest BCUT2D eigenvalue weighted by Gasteiger charge is -2.30. The number of anilines is 2. The molecule has 1 saturated heterocycles. The van der Waals surface area contributed by atoms with Crippen molar-refractivity contribution in [2.75, 3.05) is 32.1 Å². The topological polar surface area (TPSA) is 98.6 Å². The minimum absolute atomic E-state index is 0.0209. The number of piperidine rings is 1. The standard InChI is InChI=1S/C35H33N5O4/c1-22-8-3-4-10-27(22)29-18-23-19-36-35(37-24-13-15-25(16-14-24)44-26-9-7-17-39(2)20-26)38-33(23)40(34(29)42)30-21-43-31-12-6-5-11-28(31)32(30)41/h3-6,8,10-16,18-19,26,30H,7,9,17,20-21H2,1-2H3,(H,36,37,38). The number of Topliss-reactive ketones (excluding diaryl/α,β-unsaturated/α-hetero) is 1. The third-order valence-electron chi connectivity index (χ3n) is 8.37. The summed E-state index contributed by atoms with van der Waals surface area (Å²) in [7, 11) is 2.12. The van der Waals surface area contributed by atoms with Crippen molar-refractivity contribution in [3.05, 3.63) is 107 Å². The fraction of sp³-hybridized carbons (Fsp3) is 0.257. The monoisotopic (exact) mass is 587 g/mol. The fourth-order valence-electron chi connectivity index (χ4n) is 6.10. The molecule has 44 heavy (non-hydrogen) atoms. The summed E-state index contributed by atoms with van der Waals surface area (Å²) in [5.41, 5.74) is 3.48. The highest BCUT2D eigenvalue weighted by Crippen LogP contribution is 2.32. The summed E-state index contributed by atoms with van der Waals surface area (Å²) >= 11 is 0. The number of aryl methyl sites for hydroxylation is 1. The second-order valence-electron chi connectivity index (χ2n) is 11.5. The van der Waals surface area contributed by atoms with E-state index in [1.807, 2.05) is 61.5 Å². The minimum atomic E-state index is -0.887. The van der Waals surface area contributed by atoms with Crippen molar-refractivity contribution in [2.45, 2.75) is 31.9 Å². The van der Waals surface area contributed by atoms with Gasteiger partial charge in [-0.1, -0.05) is 36.4 Å². The lowest BCUT2D eigenvalue weighted by Crippen LogP contribution is -2.38. The predicted molar refractivity (Wildman–Crippen MR) is 170 cm³/mol. The van der Waals surface area contributed by atoms with Crippen molar-refractivity contribution in [1.82, 2.24) is 19.4 Å². The maximum absolute atomic E-state index is 14.2. The van der Waals surface area contributed by atoms with Gasteiger partial charge in [0.2, 0.25) is 5.95 Å². The van der Waals surface area contributed by atoms with E-state index in [2.05, 4.69) is 22.2 Å². The fourth-order valence-corrected chi connectivity index (χ4v) is 6.10. The number of ether oxygens (including phenoxy) is 2. The van der Waals surface area contributed by atoms with E-state index in [9.17, 15) is 9.59 Å². The van der Waals surface area contributed by atoms with Crippen LogP contribution in [0.3, 0.4) is 0 Å². The Morgan fingerprint density at radius 1 is 0.955 bits per heavy atom. The van der Waals surface area contributed by atoms with E-state index in [0.717, 1.165) is 48.5 Å². The van der Waals surface area contributed by atoms with E-state index >= 15 is 0 Å². The summed E-state index contributed by atoms with van der Waals surface area (Å²) in [6, 6.07) is 23.4. The summed E-state index contributed by atoms with van der Waals surface area (Å²) in [5.74, 6) is 1.44. The highest BCUT2D eigenvalue weighted by atomic mass is 16.5. The van der Waals surface area contributed by atoms with Gasteiger partial charge in [0.1, 0.15) is 35.9 Å². The molecule has 2 aliphatic heterocycles. The van der Waals surface area contributed by atoms with E-state index < -0.39 is 6.04 Å². The SMILES string of the molecule is Cc1ccccc1-c1cc2cnc(Nc3ccc(OC4CCCN(C)C4)cc3)nc2n(C2COc3ccccc3C2=O)c1=O. The van der Waals surface area contributed by atoms with Gasteiger partial charge in [-0.15, -0.1) is 0 Å². The number of nitrogens with zero attached hydrogens (tertiary/aromatic N) is 4. The van der Waals surface area contributed by atoms with E-state index in [4.69, 9.17) is 14.5 Å². The van der Waals surface area contributed by atoms with Gasteiger partial charge in [0, 0.05) is 29.4 Å². The third-order valence-corrected chi connectivity index (χ3v) is 8.37. The first kappa shape index (κ1) is 27.8. The van der Waals surface area contributed by atoms with Crippen molar-refractivity contribution < 1.29 is 14.3 Å². The molecule has 9 heteroatoms. The molecule has 2 unspecified atom stereocenters. The van der Waals surface area contributed by atoms with Crippen molar-refractivity contribution in [3.63, 3.8) is 0 Å². The van der Waals surface area contributed by atoms with Crippen molar-refractivity contribution in [3.8, 4) is 22.6 Å². The molecule has 222 valence electrons. The van der Waals surface area contributed by atoms with Crippen LogP contribution in [0.4, 0.5) is 11.6 Å². The van der Waals surface area contributed by atoms with Gasteiger partial charge in [-0.3, -0.25) is 14.2 Å². The number of hydrogen-bond acceptors (Lipinski definition) is 8. The molecule has 1 N–H and O–H groups in total. The van der Waals surface area contributed by atoms with Crippen LogP contribution in [0, 0.1) is 6.92 Å². The lowest BCUT2D eigenvalue weighted by molar-refractivity contribution is 0.0841. The molecular weight excluding hydrogens is 554 g/mol. The lowest BCUT2D eigenvalue weighted by atomic mass is 9.98. The highest BCUT2D eigenvalue weighted by molar-refractivity contribution is 6.03. The smallest absolute Gasteiger partial charge is 0.260 e. The number of rotatable bonds is 6. The summed E-state index contributed by atoms with van der Waals surface area (Å²) < 4.78 is 13.6. The van der Waals surface area contributed by atoms with Crippen LogP contribution in [0.2, 0.25) is 0 Å². The average molecular weight is 588 g/mol. The second-order valence-corrected chi connectivity index (χ2v) is 11.5. The summed E-state index contributed by atoms with van der Waals surface area (Å²) in [4.78, 5) is 39.7. The Hall–Kier alpha value is -5.02. The highest BCUT2D eigenvalue weighted by Gasteiger charge is 2.33. The second kappa shape index (κ2) is 11.6. The van der Waals surface area contributed by atoms with Gasteiger partial charge in [-0.2, -0.15) is 4.98 Å². The van der Waals surface area contributed by atoms with E-state index in [1.165, 1.54) is 4.57 Å². The zero-order valence-corrected chi connectivity index (χ0v) is 24.7. The van der Waals surface area contributed by atoms with Crippen molar-refractivity contribution in [1.29, 1.82) is 0 Å². The van der Waals surface area contributed by atoms with E-state index in [-0.39, 0.29) is 24.1 Å². The number of para-hydroxylation sites is 1. The molecule has 1 fully saturated rings. The van der Waals surface area contributed by atoms with Gasteiger partial charge in [0.15, 0.2) is 5.78 Å². The molecule has 2 atom stereocenters. The van der Waals surface area contributed by atoms with E-state index in [0.29, 0.717) is 33.9 Å². The minimum Gasteiger partial charge on any atom is -0.490 e. The number of aromatic nitrogens is 3. The Bertz CT molecular complexity index is 1920. The number of carbonyl (C=O) groups excluding carboxylic acids is 1. The molecule has 4 heterocycles. The van der Waals surface area contributed by atoms with Gasteiger partial charge in [0.25, 0.3) is 5.56 Å². The summed E-state index contributed by atoms with van der Waals surface area (Å²) in [5, 5.41) is 3.89. The van der Waals surface area contributed by atoms with Crippen molar-refractivity contribution in [2.24, 2.45) is 0 Å². The Labute approximate surface area is 255 Å². The Balaban J connectivity index is 1.26. The molecule has 0 aliphatic carbocycles. The van der Waals surface area contributed by atoms with Crippen LogP contribution >= 0.6 is 0 Å². The number of fused-ring (bicyclic) bond motifs is 2. The van der Waals surface area contributed by atoms with Crippen LogP contribution < -0.4 is 20.3 Å². The number of ketones is 1. The molecular formula is C35H33N5O4. The van der Waals surface area contributed by atoms with Crippen LogP contribution in [0.15, 0.2) is 89.9 Å². The first-order chi connectivity index (χ1) is 21.4. The predicted octanol–water partition coefficient (Wildman–Crippen LogP) is 5.80.